The van der Waals surface area contributed by atoms with Crippen molar-refractivity contribution < 1.29 is 9.84 Å². The summed E-state index contributed by atoms with van der Waals surface area (Å²) < 4.78 is 7.47. The van der Waals surface area contributed by atoms with Gasteiger partial charge in [0.05, 0.1) is 6.10 Å². The van der Waals surface area contributed by atoms with Crippen molar-refractivity contribution in [3.8, 4) is 5.75 Å². The Bertz CT molecular complexity index is 506. The van der Waals surface area contributed by atoms with E-state index in [-0.39, 0.29) is 6.10 Å². The first-order valence-corrected chi connectivity index (χ1v) is 6.38. The molecule has 5 nitrogen and oxygen atoms in total. The third-order valence-corrected chi connectivity index (χ3v) is 2.95. The Balaban J connectivity index is 1.86. The molecule has 0 aliphatic rings. The first-order chi connectivity index (χ1) is 9.15. The summed E-state index contributed by atoms with van der Waals surface area (Å²) in [5, 5.41) is 17.0. The summed E-state index contributed by atoms with van der Waals surface area (Å²) in [5.74, 6) is 1.60. The highest BCUT2D eigenvalue weighted by molar-refractivity contribution is 5.27. The minimum absolute atomic E-state index is 0.258. The zero-order valence-electron chi connectivity index (χ0n) is 11.3. The molecule has 2 rings (SSSR count). The van der Waals surface area contributed by atoms with Gasteiger partial charge in [-0.2, -0.15) is 0 Å². The lowest BCUT2D eigenvalue weighted by molar-refractivity contribution is 0.185. The number of aliphatic hydroxyl groups is 1. The second-order valence-corrected chi connectivity index (χ2v) is 4.68. The molecule has 1 unspecified atom stereocenters. The average Bonchev–Trinajstić information content (AvgIpc) is 2.81. The number of aryl methyl sites for hydroxylation is 2. The van der Waals surface area contributed by atoms with Crippen LogP contribution in [-0.2, 0) is 20.1 Å². The van der Waals surface area contributed by atoms with Gasteiger partial charge in [-0.05, 0) is 37.5 Å². The van der Waals surface area contributed by atoms with E-state index in [4.69, 9.17) is 4.74 Å². The van der Waals surface area contributed by atoms with Gasteiger partial charge in [-0.15, -0.1) is 10.2 Å². The van der Waals surface area contributed by atoms with Crippen molar-refractivity contribution in [1.29, 1.82) is 0 Å². The number of benzene rings is 1. The molecule has 0 saturated heterocycles. The number of aliphatic hydroxyl groups excluding tert-OH is 1. The number of ether oxygens (including phenoxy) is 1. The fourth-order valence-electron chi connectivity index (χ4n) is 1.71. The predicted molar refractivity (Wildman–Crippen MR) is 71.8 cm³/mol. The number of aromatic nitrogens is 3. The van der Waals surface area contributed by atoms with E-state index in [1.807, 2.05) is 35.9 Å². The molecule has 1 N–H and O–H groups in total. The zero-order chi connectivity index (χ0) is 13.7. The Morgan fingerprint density at radius 3 is 2.63 bits per heavy atom. The van der Waals surface area contributed by atoms with Crippen molar-refractivity contribution in [2.24, 2.45) is 7.05 Å². The molecule has 0 spiro atoms. The number of nitrogens with zero attached hydrogens (tertiary/aromatic N) is 3. The molecule has 1 aromatic heterocycles. The van der Waals surface area contributed by atoms with Crippen molar-refractivity contribution in [3.63, 3.8) is 0 Å². The van der Waals surface area contributed by atoms with Gasteiger partial charge in [-0.3, -0.25) is 0 Å². The molecule has 102 valence electrons. The molecule has 0 saturated carbocycles. The van der Waals surface area contributed by atoms with E-state index in [2.05, 4.69) is 10.2 Å². The summed E-state index contributed by atoms with van der Waals surface area (Å²) in [6, 6.07) is 7.92. The highest BCUT2D eigenvalue weighted by atomic mass is 16.5. The number of hydrogen-bond donors (Lipinski definition) is 1. The standard InChI is InChI=1S/C14H19N3O2/c1-11(18)3-4-12-5-7-13(8-6-12)19-9-14-16-15-10-17(14)2/h5-8,10-11,18H,3-4,9H2,1-2H3. The normalized spacial score (nSPS) is 12.4. The first-order valence-electron chi connectivity index (χ1n) is 6.38. The Kier molecular flexibility index (Phi) is 4.52. The molecule has 5 heteroatoms. The van der Waals surface area contributed by atoms with Crippen molar-refractivity contribution >= 4 is 0 Å². The molecule has 0 bridgehead atoms. The van der Waals surface area contributed by atoms with E-state index >= 15 is 0 Å². The van der Waals surface area contributed by atoms with Gasteiger partial charge in [0.25, 0.3) is 0 Å². The first kappa shape index (κ1) is 13.5. The quantitative estimate of drug-likeness (QED) is 0.860. The van der Waals surface area contributed by atoms with Crippen LogP contribution in [0.15, 0.2) is 30.6 Å². The molecular weight excluding hydrogens is 242 g/mol. The van der Waals surface area contributed by atoms with E-state index < -0.39 is 0 Å². The SMILES string of the molecule is CC(O)CCc1ccc(OCc2nncn2C)cc1. The number of hydrogen-bond acceptors (Lipinski definition) is 4. The molecule has 0 aliphatic heterocycles. The molecule has 0 aliphatic carbocycles. The fourth-order valence-corrected chi connectivity index (χ4v) is 1.71. The van der Waals surface area contributed by atoms with Crippen LogP contribution in [0, 0.1) is 0 Å². The van der Waals surface area contributed by atoms with E-state index in [1.54, 1.807) is 13.3 Å². The lowest BCUT2D eigenvalue weighted by atomic mass is 10.1. The van der Waals surface area contributed by atoms with Crippen molar-refractivity contribution in [2.45, 2.75) is 32.5 Å². The monoisotopic (exact) mass is 261 g/mol. The van der Waals surface area contributed by atoms with Crippen LogP contribution in [-0.4, -0.2) is 26.0 Å². The van der Waals surface area contributed by atoms with Gasteiger partial charge in [0.15, 0.2) is 5.82 Å². The lowest BCUT2D eigenvalue weighted by Gasteiger charge is -2.07. The van der Waals surface area contributed by atoms with Gasteiger partial charge in [-0.25, -0.2) is 0 Å². The van der Waals surface area contributed by atoms with Crippen LogP contribution in [0.4, 0.5) is 0 Å². The van der Waals surface area contributed by atoms with E-state index in [0.717, 1.165) is 24.4 Å². The van der Waals surface area contributed by atoms with Crippen molar-refractivity contribution in [2.75, 3.05) is 0 Å². The maximum absolute atomic E-state index is 9.24. The largest absolute Gasteiger partial charge is 0.486 e. The minimum Gasteiger partial charge on any atom is -0.486 e. The van der Waals surface area contributed by atoms with Crippen LogP contribution in [0.3, 0.4) is 0 Å². The van der Waals surface area contributed by atoms with E-state index in [0.29, 0.717) is 6.61 Å². The minimum atomic E-state index is -0.258. The van der Waals surface area contributed by atoms with Gasteiger partial charge >= 0.3 is 0 Å². The van der Waals surface area contributed by atoms with Crippen molar-refractivity contribution in [3.05, 3.63) is 42.0 Å². The fraction of sp³-hybridized carbons (Fsp3) is 0.429. The summed E-state index contributed by atoms with van der Waals surface area (Å²) in [6.07, 6.45) is 3.05. The Hall–Kier alpha value is -1.88. The summed E-state index contributed by atoms with van der Waals surface area (Å²) in [6.45, 7) is 2.21. The van der Waals surface area contributed by atoms with E-state index in [1.165, 1.54) is 5.56 Å². The molecule has 2 aromatic rings. The van der Waals surface area contributed by atoms with Gasteiger partial charge in [0, 0.05) is 7.05 Å². The maximum Gasteiger partial charge on any atom is 0.170 e. The molecule has 0 radical (unpaired) electrons. The van der Waals surface area contributed by atoms with Gasteiger partial charge in [0.1, 0.15) is 18.7 Å². The van der Waals surface area contributed by atoms with E-state index in [9.17, 15) is 5.11 Å². The summed E-state index contributed by atoms with van der Waals surface area (Å²) >= 11 is 0. The summed E-state index contributed by atoms with van der Waals surface area (Å²) in [7, 11) is 1.89. The highest BCUT2D eigenvalue weighted by Gasteiger charge is 2.02. The molecule has 1 atom stereocenters. The third kappa shape index (κ3) is 4.06. The third-order valence-electron chi connectivity index (χ3n) is 2.95. The van der Waals surface area contributed by atoms with Crippen LogP contribution < -0.4 is 4.74 Å². The van der Waals surface area contributed by atoms with Gasteiger partial charge < -0.3 is 14.4 Å². The number of rotatable bonds is 6. The second kappa shape index (κ2) is 6.33. The van der Waals surface area contributed by atoms with Gasteiger partial charge in [0.2, 0.25) is 0 Å². The van der Waals surface area contributed by atoms with Crippen molar-refractivity contribution in [1.82, 2.24) is 14.8 Å². The zero-order valence-corrected chi connectivity index (χ0v) is 11.3. The van der Waals surface area contributed by atoms with Crippen LogP contribution in [0.2, 0.25) is 0 Å². The predicted octanol–water partition coefficient (Wildman–Crippen LogP) is 1.71. The Morgan fingerprint density at radius 1 is 1.32 bits per heavy atom. The highest BCUT2D eigenvalue weighted by Crippen LogP contribution is 2.15. The molecule has 1 aromatic carbocycles. The maximum atomic E-state index is 9.24. The van der Waals surface area contributed by atoms with Crippen LogP contribution in [0.1, 0.15) is 24.7 Å². The van der Waals surface area contributed by atoms with Crippen LogP contribution in [0.25, 0.3) is 0 Å². The average molecular weight is 261 g/mol. The summed E-state index contributed by atoms with van der Waals surface area (Å²) in [4.78, 5) is 0. The Labute approximate surface area is 112 Å². The van der Waals surface area contributed by atoms with Crippen LogP contribution >= 0.6 is 0 Å². The summed E-state index contributed by atoms with van der Waals surface area (Å²) in [5.41, 5.74) is 1.20. The topological polar surface area (TPSA) is 60.2 Å². The second-order valence-electron chi connectivity index (χ2n) is 4.68. The lowest BCUT2D eigenvalue weighted by Crippen LogP contribution is -2.03. The molecule has 0 fully saturated rings. The molecule has 1 heterocycles. The molecular formula is C14H19N3O2. The molecule has 0 amide bonds. The Morgan fingerprint density at radius 2 is 2.05 bits per heavy atom. The molecule has 19 heavy (non-hydrogen) atoms. The van der Waals surface area contributed by atoms with Crippen LogP contribution in [0.5, 0.6) is 5.75 Å². The van der Waals surface area contributed by atoms with Gasteiger partial charge in [-0.1, -0.05) is 12.1 Å². The smallest absolute Gasteiger partial charge is 0.170 e.